The van der Waals surface area contributed by atoms with Crippen molar-refractivity contribution in [1.82, 2.24) is 15.5 Å². The Morgan fingerprint density at radius 2 is 1.94 bits per heavy atom. The number of methoxy groups -OCH3 is 1. The first-order chi connectivity index (χ1) is 14.9. The largest absolute Gasteiger partial charge is 0.460 e. The van der Waals surface area contributed by atoms with Gasteiger partial charge in [0.1, 0.15) is 6.61 Å². The molecule has 10 heteroatoms. The molecule has 1 aromatic heterocycles. The number of aryl methyl sites for hydroxylation is 1. The monoisotopic (exact) mass is 428 g/mol. The number of carbonyl (C=O) groups excluding carboxylic acids is 1. The molecule has 0 aliphatic carbocycles. The van der Waals surface area contributed by atoms with E-state index in [0.29, 0.717) is 34.7 Å². The molecule has 1 unspecified atom stereocenters. The Kier molecular flexibility index (Phi) is 6.81. The number of rotatable bonds is 8. The Balaban J connectivity index is 2.11. The summed E-state index contributed by atoms with van der Waals surface area (Å²) in [5.74, 6) is -0.318. The number of aromatic nitrogens is 2. The Morgan fingerprint density at radius 1 is 1.23 bits per heavy atom. The Morgan fingerprint density at radius 3 is 2.52 bits per heavy atom. The summed E-state index contributed by atoms with van der Waals surface area (Å²) < 4.78 is 15.8. The van der Waals surface area contributed by atoms with Gasteiger partial charge in [0.2, 0.25) is 0 Å². The maximum atomic E-state index is 13.0. The van der Waals surface area contributed by atoms with Gasteiger partial charge in [-0.15, -0.1) is 0 Å². The molecule has 0 saturated heterocycles. The number of hydrogen-bond donors (Lipinski definition) is 1. The molecule has 1 aliphatic heterocycles. The van der Waals surface area contributed by atoms with Crippen LogP contribution < -0.4 is 5.32 Å². The number of dihydropyridines is 1. The highest BCUT2D eigenvalue weighted by Crippen LogP contribution is 2.43. The summed E-state index contributed by atoms with van der Waals surface area (Å²) in [6.45, 7) is 5.89. The zero-order valence-electron chi connectivity index (χ0n) is 17.8. The molecule has 1 atom stereocenters. The van der Waals surface area contributed by atoms with Crippen molar-refractivity contribution in [3.05, 3.63) is 68.6 Å². The zero-order valence-corrected chi connectivity index (χ0v) is 17.8. The minimum absolute atomic E-state index is 0.0454. The molecular formula is C21H24N4O6. The number of benzene rings is 1. The molecule has 1 aliphatic rings. The van der Waals surface area contributed by atoms with Crippen LogP contribution in [0.1, 0.15) is 44.0 Å². The molecule has 164 valence electrons. The van der Waals surface area contributed by atoms with Crippen LogP contribution in [0.15, 0.2) is 45.8 Å². The smallest absolute Gasteiger partial charge is 0.336 e. The van der Waals surface area contributed by atoms with Gasteiger partial charge >= 0.3 is 5.97 Å². The van der Waals surface area contributed by atoms with Crippen LogP contribution in [-0.2, 0) is 20.7 Å². The van der Waals surface area contributed by atoms with Gasteiger partial charge in [-0.25, -0.2) is 4.79 Å². The van der Waals surface area contributed by atoms with E-state index in [2.05, 4.69) is 15.5 Å². The molecule has 31 heavy (non-hydrogen) atoms. The van der Waals surface area contributed by atoms with E-state index >= 15 is 0 Å². The van der Waals surface area contributed by atoms with Crippen molar-refractivity contribution in [2.75, 3.05) is 20.3 Å². The van der Waals surface area contributed by atoms with E-state index in [-0.39, 0.29) is 24.8 Å². The maximum Gasteiger partial charge on any atom is 0.336 e. The predicted octanol–water partition coefficient (Wildman–Crippen LogP) is 3.12. The van der Waals surface area contributed by atoms with Gasteiger partial charge in [0.15, 0.2) is 5.82 Å². The molecule has 0 radical (unpaired) electrons. The number of hydrogen-bond acceptors (Lipinski definition) is 9. The third-order valence-corrected chi connectivity index (χ3v) is 4.95. The van der Waals surface area contributed by atoms with Crippen LogP contribution in [0, 0.1) is 10.1 Å². The van der Waals surface area contributed by atoms with Gasteiger partial charge in [-0.3, -0.25) is 10.1 Å². The first kappa shape index (κ1) is 22.2. The van der Waals surface area contributed by atoms with Crippen molar-refractivity contribution in [2.45, 2.75) is 33.1 Å². The number of carbonyl (C=O) groups is 1. The number of nitro benzene ring substituents is 1. The Hall–Kier alpha value is -3.53. The van der Waals surface area contributed by atoms with Gasteiger partial charge in [0.05, 0.1) is 23.0 Å². The van der Waals surface area contributed by atoms with Crippen LogP contribution in [0.4, 0.5) is 5.69 Å². The van der Waals surface area contributed by atoms with Crippen LogP contribution in [0.25, 0.3) is 5.57 Å². The van der Waals surface area contributed by atoms with E-state index in [1.807, 2.05) is 13.8 Å². The highest BCUT2D eigenvalue weighted by molar-refractivity contribution is 5.96. The number of nitrogens with one attached hydrogen (secondary N) is 1. The third-order valence-electron chi connectivity index (χ3n) is 4.95. The van der Waals surface area contributed by atoms with Crippen molar-refractivity contribution in [3.8, 4) is 0 Å². The number of esters is 1. The van der Waals surface area contributed by atoms with Crippen molar-refractivity contribution in [3.63, 3.8) is 0 Å². The van der Waals surface area contributed by atoms with Crippen molar-refractivity contribution in [2.24, 2.45) is 0 Å². The molecule has 0 saturated carbocycles. The minimum Gasteiger partial charge on any atom is -0.460 e. The second kappa shape index (κ2) is 9.52. The lowest BCUT2D eigenvalue weighted by Crippen LogP contribution is -2.29. The summed E-state index contributed by atoms with van der Waals surface area (Å²) in [4.78, 5) is 28.1. The molecule has 3 rings (SSSR count). The summed E-state index contributed by atoms with van der Waals surface area (Å²) >= 11 is 0. The fourth-order valence-corrected chi connectivity index (χ4v) is 3.47. The minimum atomic E-state index is -0.609. The second-order valence-corrected chi connectivity index (χ2v) is 6.98. The lowest BCUT2D eigenvalue weighted by atomic mass is 9.80. The average molecular weight is 428 g/mol. The molecule has 1 aromatic carbocycles. The summed E-state index contributed by atoms with van der Waals surface area (Å²) in [6, 6.07) is 6.04. The molecule has 1 N–H and O–H groups in total. The van der Waals surface area contributed by atoms with Crippen molar-refractivity contribution in [1.29, 1.82) is 0 Å². The predicted molar refractivity (Wildman–Crippen MR) is 111 cm³/mol. The quantitative estimate of drug-likeness (QED) is 0.292. The molecule has 0 spiro atoms. The lowest BCUT2D eigenvalue weighted by Gasteiger charge is -2.30. The van der Waals surface area contributed by atoms with Crippen LogP contribution in [-0.4, -0.2) is 41.4 Å². The third kappa shape index (κ3) is 4.64. The highest BCUT2D eigenvalue weighted by Gasteiger charge is 2.37. The summed E-state index contributed by atoms with van der Waals surface area (Å²) in [5, 5.41) is 18.3. The molecular weight excluding hydrogens is 404 g/mol. The van der Waals surface area contributed by atoms with E-state index in [1.165, 1.54) is 19.2 Å². The van der Waals surface area contributed by atoms with Gasteiger partial charge in [0, 0.05) is 42.6 Å². The summed E-state index contributed by atoms with van der Waals surface area (Å²) in [7, 11) is 1.52. The van der Waals surface area contributed by atoms with Crippen molar-refractivity contribution < 1.29 is 23.7 Å². The topological polar surface area (TPSA) is 130 Å². The molecule has 2 aromatic rings. The highest BCUT2D eigenvalue weighted by atomic mass is 16.6. The number of non-ortho nitro benzene ring substituents is 1. The number of ether oxygens (including phenoxy) is 2. The molecule has 2 heterocycles. The Bertz CT molecular complexity index is 1040. The van der Waals surface area contributed by atoms with Gasteiger partial charge < -0.3 is 19.3 Å². The first-order valence-electron chi connectivity index (χ1n) is 9.79. The normalized spacial score (nSPS) is 16.3. The average Bonchev–Trinajstić information content (AvgIpc) is 3.22. The van der Waals surface area contributed by atoms with E-state index in [4.69, 9.17) is 14.0 Å². The maximum absolute atomic E-state index is 13.0. The molecule has 10 nitrogen and oxygen atoms in total. The summed E-state index contributed by atoms with van der Waals surface area (Å²) in [6.07, 6.45) is 0.590. The van der Waals surface area contributed by atoms with E-state index in [0.717, 1.165) is 5.70 Å². The van der Waals surface area contributed by atoms with Gasteiger partial charge in [-0.05, 0) is 19.4 Å². The Labute approximate surface area is 179 Å². The van der Waals surface area contributed by atoms with Gasteiger partial charge in [-0.2, -0.15) is 4.98 Å². The van der Waals surface area contributed by atoms with E-state index in [9.17, 15) is 14.9 Å². The first-order valence-corrected chi connectivity index (χ1v) is 9.79. The number of nitro groups is 1. The van der Waals surface area contributed by atoms with E-state index < -0.39 is 16.8 Å². The van der Waals surface area contributed by atoms with Crippen LogP contribution in [0.5, 0.6) is 0 Å². The fourth-order valence-electron chi connectivity index (χ4n) is 3.47. The van der Waals surface area contributed by atoms with Gasteiger partial charge in [-0.1, -0.05) is 24.2 Å². The molecule has 0 bridgehead atoms. The van der Waals surface area contributed by atoms with Crippen molar-refractivity contribution >= 4 is 17.2 Å². The molecule has 0 fully saturated rings. The van der Waals surface area contributed by atoms with E-state index in [1.54, 1.807) is 19.1 Å². The van der Waals surface area contributed by atoms with Crippen LogP contribution >= 0.6 is 0 Å². The standard InChI is InChI=1S/C21H24N4O6/c1-5-16-23-20(31-24-16)17-12(2)22-13(3)18(21(26)30-11-10-29-4)19(17)14-6-8-15(9-7-14)25(27)28/h6-9,19,22H,5,10-11H2,1-4H3. The van der Waals surface area contributed by atoms with Gasteiger partial charge in [0.25, 0.3) is 11.6 Å². The lowest BCUT2D eigenvalue weighted by molar-refractivity contribution is -0.384. The SMILES string of the molecule is CCc1noc(C2=C(C)NC(C)=C(C(=O)OCCOC)C2c2ccc([N+](=O)[O-])cc2)n1. The molecule has 0 amide bonds. The van der Waals surface area contributed by atoms with Crippen LogP contribution in [0.3, 0.4) is 0 Å². The fraction of sp³-hybridized carbons (Fsp3) is 0.381. The zero-order chi connectivity index (χ0) is 22.5. The van der Waals surface area contributed by atoms with Crippen LogP contribution in [0.2, 0.25) is 0 Å². The summed E-state index contributed by atoms with van der Waals surface area (Å²) in [5.41, 5.74) is 2.95. The number of nitrogens with zero attached hydrogens (tertiary/aromatic N) is 3. The second-order valence-electron chi connectivity index (χ2n) is 6.98. The number of allylic oxidation sites excluding steroid dienone is 3.